The molecule has 0 saturated heterocycles. The van der Waals surface area contributed by atoms with Crippen LogP contribution in [0, 0.1) is 12.8 Å². The fourth-order valence-corrected chi connectivity index (χ4v) is 3.30. The van der Waals surface area contributed by atoms with Gasteiger partial charge in [0, 0.05) is 17.6 Å². The summed E-state index contributed by atoms with van der Waals surface area (Å²) in [6.07, 6.45) is 0.528. The van der Waals surface area contributed by atoms with Crippen molar-refractivity contribution in [3.05, 3.63) is 64.1 Å². The Labute approximate surface area is 187 Å². The molecule has 0 bridgehead atoms. The van der Waals surface area contributed by atoms with Gasteiger partial charge in [-0.1, -0.05) is 67.0 Å². The van der Waals surface area contributed by atoms with E-state index in [0.29, 0.717) is 31.2 Å². The maximum atomic E-state index is 13.1. The highest BCUT2D eigenvalue weighted by atomic mass is 79.9. The zero-order chi connectivity index (χ0) is 22.1. The second-order valence-corrected chi connectivity index (χ2v) is 8.62. The standard InChI is InChI=1S/C24H31BrN2O3/c1-5-22(24(29)26-14-17(2)3)27(15-19-9-7-6-8-10-19)23(28)16-30-20-11-12-21(25)18(4)13-20/h6-13,17,22H,5,14-16H2,1-4H3,(H,26,29)/t22-/m0/s1. The number of carbonyl (C=O) groups excluding carboxylic acids is 2. The number of carbonyl (C=O) groups is 2. The number of hydrogen-bond donors (Lipinski definition) is 1. The van der Waals surface area contributed by atoms with E-state index >= 15 is 0 Å². The van der Waals surface area contributed by atoms with E-state index in [2.05, 4.69) is 21.2 Å². The highest BCUT2D eigenvalue weighted by Gasteiger charge is 2.29. The van der Waals surface area contributed by atoms with Crippen LogP contribution in [0.25, 0.3) is 0 Å². The third kappa shape index (κ3) is 7.17. The third-order valence-corrected chi connectivity index (χ3v) is 5.65. The van der Waals surface area contributed by atoms with Crippen molar-refractivity contribution in [1.29, 1.82) is 0 Å². The highest BCUT2D eigenvalue weighted by Crippen LogP contribution is 2.22. The second-order valence-electron chi connectivity index (χ2n) is 7.77. The minimum atomic E-state index is -0.549. The van der Waals surface area contributed by atoms with Crippen LogP contribution in [0.4, 0.5) is 0 Å². The normalized spacial score (nSPS) is 11.8. The maximum absolute atomic E-state index is 13.1. The number of halogens is 1. The molecule has 0 saturated carbocycles. The summed E-state index contributed by atoms with van der Waals surface area (Å²) >= 11 is 3.46. The smallest absolute Gasteiger partial charge is 0.261 e. The van der Waals surface area contributed by atoms with Crippen molar-refractivity contribution in [2.45, 2.75) is 46.7 Å². The molecule has 2 aromatic carbocycles. The van der Waals surface area contributed by atoms with E-state index in [1.807, 2.05) is 76.2 Å². The average molecular weight is 475 g/mol. The molecule has 0 aliphatic rings. The monoisotopic (exact) mass is 474 g/mol. The first-order valence-electron chi connectivity index (χ1n) is 10.3. The average Bonchev–Trinajstić information content (AvgIpc) is 2.73. The summed E-state index contributed by atoms with van der Waals surface area (Å²) in [5.74, 6) is 0.621. The summed E-state index contributed by atoms with van der Waals surface area (Å²) in [7, 11) is 0. The molecule has 162 valence electrons. The molecule has 1 N–H and O–H groups in total. The lowest BCUT2D eigenvalue weighted by Crippen LogP contribution is -2.50. The van der Waals surface area contributed by atoms with Crippen LogP contribution in [-0.4, -0.2) is 35.9 Å². The molecule has 0 spiro atoms. The van der Waals surface area contributed by atoms with Gasteiger partial charge in [0.25, 0.3) is 5.91 Å². The third-order valence-electron chi connectivity index (χ3n) is 4.76. The van der Waals surface area contributed by atoms with Gasteiger partial charge >= 0.3 is 0 Å². The van der Waals surface area contributed by atoms with E-state index in [1.165, 1.54) is 0 Å². The molecular weight excluding hydrogens is 444 g/mol. The molecule has 0 radical (unpaired) electrons. The number of hydrogen-bond acceptors (Lipinski definition) is 3. The van der Waals surface area contributed by atoms with Crippen LogP contribution in [0.2, 0.25) is 0 Å². The number of nitrogens with one attached hydrogen (secondary N) is 1. The first-order valence-corrected chi connectivity index (χ1v) is 11.1. The molecule has 2 amide bonds. The summed E-state index contributed by atoms with van der Waals surface area (Å²) in [5.41, 5.74) is 2.00. The molecule has 2 rings (SSSR count). The van der Waals surface area contributed by atoms with E-state index in [-0.39, 0.29) is 18.4 Å². The fraction of sp³-hybridized carbons (Fsp3) is 0.417. The SMILES string of the molecule is CC[C@@H](C(=O)NCC(C)C)N(Cc1ccccc1)C(=O)COc1ccc(Br)c(C)c1. The van der Waals surface area contributed by atoms with Crippen LogP contribution in [0.1, 0.15) is 38.3 Å². The predicted molar refractivity (Wildman–Crippen MR) is 123 cm³/mol. The van der Waals surface area contributed by atoms with Crippen LogP contribution >= 0.6 is 15.9 Å². The van der Waals surface area contributed by atoms with Crippen molar-refractivity contribution < 1.29 is 14.3 Å². The van der Waals surface area contributed by atoms with Crippen molar-refractivity contribution in [2.24, 2.45) is 5.92 Å². The Hall–Kier alpha value is -2.34. The Morgan fingerprint density at radius 1 is 1.13 bits per heavy atom. The number of ether oxygens (including phenoxy) is 1. The number of amides is 2. The fourth-order valence-electron chi connectivity index (χ4n) is 3.06. The predicted octanol–water partition coefficient (Wildman–Crippen LogP) is 4.72. The van der Waals surface area contributed by atoms with Gasteiger partial charge < -0.3 is 15.0 Å². The summed E-state index contributed by atoms with van der Waals surface area (Å²) in [6, 6.07) is 14.7. The quantitative estimate of drug-likeness (QED) is 0.541. The zero-order valence-electron chi connectivity index (χ0n) is 18.2. The van der Waals surface area contributed by atoms with Crippen LogP contribution in [0.15, 0.2) is 53.0 Å². The number of rotatable bonds is 10. The van der Waals surface area contributed by atoms with Gasteiger partial charge in [-0.3, -0.25) is 9.59 Å². The molecule has 0 fully saturated rings. The first kappa shape index (κ1) is 23.9. The summed E-state index contributed by atoms with van der Waals surface area (Å²) in [6.45, 7) is 8.79. The molecular formula is C24H31BrN2O3. The van der Waals surface area contributed by atoms with Crippen molar-refractivity contribution >= 4 is 27.7 Å². The van der Waals surface area contributed by atoms with Gasteiger partial charge in [-0.05, 0) is 48.6 Å². The van der Waals surface area contributed by atoms with Crippen LogP contribution < -0.4 is 10.1 Å². The van der Waals surface area contributed by atoms with Gasteiger partial charge in [-0.2, -0.15) is 0 Å². The topological polar surface area (TPSA) is 58.6 Å². The zero-order valence-corrected chi connectivity index (χ0v) is 19.7. The molecule has 0 aliphatic carbocycles. The number of aryl methyl sites for hydroxylation is 1. The molecule has 0 unspecified atom stereocenters. The molecule has 30 heavy (non-hydrogen) atoms. The molecule has 6 heteroatoms. The van der Waals surface area contributed by atoms with Gasteiger partial charge in [-0.15, -0.1) is 0 Å². The minimum absolute atomic E-state index is 0.123. The van der Waals surface area contributed by atoms with E-state index in [9.17, 15) is 9.59 Å². The van der Waals surface area contributed by atoms with Crippen molar-refractivity contribution in [2.75, 3.05) is 13.2 Å². The molecule has 0 heterocycles. The Kier molecular flexibility index (Phi) is 9.37. The molecule has 1 atom stereocenters. The Morgan fingerprint density at radius 2 is 1.83 bits per heavy atom. The Morgan fingerprint density at radius 3 is 2.43 bits per heavy atom. The lowest BCUT2D eigenvalue weighted by Gasteiger charge is -2.30. The van der Waals surface area contributed by atoms with E-state index in [1.54, 1.807) is 4.90 Å². The lowest BCUT2D eigenvalue weighted by atomic mass is 10.1. The molecule has 0 aromatic heterocycles. The lowest BCUT2D eigenvalue weighted by molar-refractivity contribution is -0.143. The van der Waals surface area contributed by atoms with Gasteiger partial charge in [0.2, 0.25) is 5.91 Å². The second kappa shape index (κ2) is 11.7. The summed E-state index contributed by atoms with van der Waals surface area (Å²) in [4.78, 5) is 27.6. The van der Waals surface area contributed by atoms with Gasteiger partial charge in [0.05, 0.1) is 0 Å². The van der Waals surface area contributed by atoms with Gasteiger partial charge in [-0.25, -0.2) is 0 Å². The maximum Gasteiger partial charge on any atom is 0.261 e. The minimum Gasteiger partial charge on any atom is -0.484 e. The van der Waals surface area contributed by atoms with Crippen LogP contribution in [0.5, 0.6) is 5.75 Å². The van der Waals surface area contributed by atoms with Crippen LogP contribution in [0.3, 0.4) is 0 Å². The van der Waals surface area contributed by atoms with Crippen LogP contribution in [-0.2, 0) is 16.1 Å². The molecule has 2 aromatic rings. The Balaban J connectivity index is 2.16. The largest absolute Gasteiger partial charge is 0.484 e. The van der Waals surface area contributed by atoms with E-state index < -0.39 is 6.04 Å². The summed E-state index contributed by atoms with van der Waals surface area (Å²) in [5, 5.41) is 2.96. The molecule has 5 nitrogen and oxygen atoms in total. The highest BCUT2D eigenvalue weighted by molar-refractivity contribution is 9.10. The van der Waals surface area contributed by atoms with Crippen molar-refractivity contribution in [1.82, 2.24) is 10.2 Å². The van der Waals surface area contributed by atoms with E-state index in [0.717, 1.165) is 15.6 Å². The number of nitrogens with zero attached hydrogens (tertiary/aromatic N) is 1. The number of benzene rings is 2. The first-order chi connectivity index (χ1) is 14.3. The molecule has 0 aliphatic heterocycles. The van der Waals surface area contributed by atoms with Crippen molar-refractivity contribution in [3.8, 4) is 5.75 Å². The van der Waals surface area contributed by atoms with Gasteiger partial charge in [0.1, 0.15) is 11.8 Å². The van der Waals surface area contributed by atoms with E-state index in [4.69, 9.17) is 4.74 Å². The summed E-state index contributed by atoms with van der Waals surface area (Å²) < 4.78 is 6.74. The van der Waals surface area contributed by atoms with Crippen molar-refractivity contribution in [3.63, 3.8) is 0 Å². The van der Waals surface area contributed by atoms with Gasteiger partial charge in [0.15, 0.2) is 6.61 Å². The Bertz CT molecular complexity index is 840.